The Morgan fingerprint density at radius 3 is 0.743 bits per heavy atom. The Hall–Kier alpha value is -0.946. The number of aliphatic hydroxyl groups excluding tert-OH is 4. The van der Waals surface area contributed by atoms with Crippen molar-refractivity contribution >= 4 is 11.6 Å². The van der Waals surface area contributed by atoms with E-state index in [1.807, 2.05) is 83.1 Å². The van der Waals surface area contributed by atoms with E-state index >= 15 is 0 Å². The molecule has 0 aliphatic carbocycles. The van der Waals surface area contributed by atoms with Gasteiger partial charge in [0.25, 0.3) is 0 Å². The Bertz CT molecular complexity index is 583. The topological polar surface area (TPSA) is 115 Å². The zero-order valence-electron chi connectivity index (χ0n) is 25.4. The maximum absolute atomic E-state index is 11.5. The summed E-state index contributed by atoms with van der Waals surface area (Å²) in [7, 11) is 0. The fourth-order valence-corrected chi connectivity index (χ4v) is 1.11. The Morgan fingerprint density at radius 2 is 0.657 bits per heavy atom. The molecule has 0 aromatic rings. The van der Waals surface area contributed by atoms with Gasteiger partial charge in [-0.1, -0.05) is 83.1 Å². The van der Waals surface area contributed by atoms with Crippen molar-refractivity contribution in [3.05, 3.63) is 23.7 Å². The van der Waals surface area contributed by atoms with Crippen LogP contribution in [0.1, 0.15) is 111 Å². The quantitative estimate of drug-likeness (QED) is 0.172. The van der Waals surface area contributed by atoms with E-state index in [9.17, 15) is 19.8 Å². The van der Waals surface area contributed by atoms with Crippen LogP contribution in [0.4, 0.5) is 0 Å². The zero-order valence-corrected chi connectivity index (χ0v) is 27.0. The molecule has 0 heterocycles. The van der Waals surface area contributed by atoms with E-state index in [0.717, 1.165) is 0 Å². The van der Waals surface area contributed by atoms with Crippen molar-refractivity contribution in [1.82, 2.24) is 0 Å². The number of allylic oxidation sites excluding steroid dienone is 4. The van der Waals surface area contributed by atoms with Crippen LogP contribution in [0.5, 0.6) is 0 Å². The van der Waals surface area contributed by atoms with Gasteiger partial charge in [-0.2, -0.15) is 0 Å². The molecule has 0 bridgehead atoms. The maximum Gasteiger partial charge on any atom is 0.164 e. The molecule has 0 spiro atoms. The van der Waals surface area contributed by atoms with E-state index in [1.165, 1.54) is 12.2 Å². The van der Waals surface area contributed by atoms with E-state index in [4.69, 9.17) is 10.2 Å². The number of hydrogen-bond acceptors (Lipinski definition) is 6. The van der Waals surface area contributed by atoms with Crippen molar-refractivity contribution in [2.75, 3.05) is 0 Å². The number of rotatable bonds is 2. The van der Waals surface area contributed by atoms with Crippen LogP contribution in [-0.2, 0) is 31.3 Å². The first-order valence-corrected chi connectivity index (χ1v) is 11.8. The summed E-state index contributed by atoms with van der Waals surface area (Å²) < 4.78 is 0. The van der Waals surface area contributed by atoms with E-state index < -0.39 is 10.8 Å². The summed E-state index contributed by atoms with van der Waals surface area (Å²) in [6, 6.07) is 0. The Balaban J connectivity index is -0.000000128. The molecule has 4 N–H and O–H groups in total. The third-order valence-electron chi connectivity index (χ3n) is 3.55. The van der Waals surface area contributed by atoms with Gasteiger partial charge in [-0.3, -0.25) is 9.59 Å². The predicted molar refractivity (Wildman–Crippen MR) is 144 cm³/mol. The molecule has 0 unspecified atom stereocenters. The average molecular weight is 537 g/mol. The molecular weight excluding hydrogens is 480 g/mol. The minimum atomic E-state index is -0.417. The first-order chi connectivity index (χ1) is 14.6. The van der Waals surface area contributed by atoms with Gasteiger partial charge in [-0.15, -0.1) is 0 Å². The number of carbonyl (C=O) groups excluding carboxylic acids is 2. The van der Waals surface area contributed by atoms with Crippen molar-refractivity contribution < 1.29 is 51.7 Å². The van der Waals surface area contributed by atoms with Gasteiger partial charge in [0.1, 0.15) is 11.5 Å². The summed E-state index contributed by atoms with van der Waals surface area (Å²) in [5.74, 6) is 0.208. The van der Waals surface area contributed by atoms with Crippen LogP contribution in [0.15, 0.2) is 23.7 Å². The first kappa shape index (κ1) is 44.1. The molecule has 208 valence electrons. The molecule has 7 heteroatoms. The molecule has 0 fully saturated rings. The van der Waals surface area contributed by atoms with Gasteiger partial charge >= 0.3 is 0 Å². The molecule has 0 aliphatic heterocycles. The fraction of sp³-hybridized carbons (Fsp3) is 0.786. The van der Waals surface area contributed by atoms with Crippen LogP contribution >= 0.6 is 0 Å². The summed E-state index contributed by atoms with van der Waals surface area (Å²) in [6.07, 6.45) is 2.33. The smallest absolute Gasteiger partial charge is 0.164 e. The number of ketones is 2. The molecule has 0 aliphatic rings. The number of aliphatic hydroxyl groups is 4. The van der Waals surface area contributed by atoms with Crippen molar-refractivity contribution in [3.8, 4) is 0 Å². The van der Waals surface area contributed by atoms with E-state index in [1.54, 1.807) is 27.7 Å². The summed E-state index contributed by atoms with van der Waals surface area (Å²) in [4.78, 5) is 23.0. The normalized spacial score (nSPS) is 12.8. The third-order valence-corrected chi connectivity index (χ3v) is 3.55. The van der Waals surface area contributed by atoms with Crippen LogP contribution in [0.2, 0.25) is 0 Å². The second kappa shape index (κ2) is 18.3. The molecule has 0 amide bonds. The standard InChI is InChI=1S/2C11H20O2.2C3H8O.Ti/c2*1-10(2,3)8(12)7-9(13)11(4,5)6;2*1-3(2)4;/h2*7,12H,1-6H3;2*3-4H,1-2H3;. The van der Waals surface area contributed by atoms with Gasteiger partial charge in [-0.25, -0.2) is 0 Å². The zero-order chi connectivity index (χ0) is 28.9. The monoisotopic (exact) mass is 536 g/mol. The van der Waals surface area contributed by atoms with E-state index in [-0.39, 0.29) is 67.8 Å². The van der Waals surface area contributed by atoms with E-state index in [0.29, 0.717) is 0 Å². The molecule has 35 heavy (non-hydrogen) atoms. The van der Waals surface area contributed by atoms with E-state index in [2.05, 4.69) is 0 Å². The van der Waals surface area contributed by atoms with Crippen molar-refractivity contribution in [1.29, 1.82) is 0 Å². The van der Waals surface area contributed by atoms with Crippen LogP contribution in [0.3, 0.4) is 0 Å². The van der Waals surface area contributed by atoms with Gasteiger partial charge in [0.2, 0.25) is 0 Å². The number of carbonyl (C=O) groups is 2. The van der Waals surface area contributed by atoms with Crippen molar-refractivity contribution in [3.63, 3.8) is 0 Å². The second-order valence-corrected chi connectivity index (χ2v) is 13.0. The SMILES string of the molecule is CC(C)(C)C(=O)C=C(O)C(C)(C)C.CC(C)(C)C(=O)C=C(O)C(C)(C)C.CC(C)O.CC(C)O.[Ti]. The average Bonchev–Trinajstić information content (AvgIpc) is 2.50. The molecule has 0 aromatic heterocycles. The summed E-state index contributed by atoms with van der Waals surface area (Å²) >= 11 is 0. The molecule has 0 saturated carbocycles. The van der Waals surface area contributed by atoms with Gasteiger partial charge in [-0.05, 0) is 27.7 Å². The second-order valence-electron chi connectivity index (χ2n) is 13.0. The summed E-state index contributed by atoms with van der Waals surface area (Å²) in [5, 5.41) is 35.2. The minimum Gasteiger partial charge on any atom is -0.512 e. The molecule has 0 aromatic carbocycles. The predicted octanol–water partition coefficient (Wildman–Crippen LogP) is 6.95. The van der Waals surface area contributed by atoms with Crippen molar-refractivity contribution in [2.24, 2.45) is 21.7 Å². The molecule has 0 rings (SSSR count). The molecule has 0 saturated heterocycles. The fourth-order valence-electron chi connectivity index (χ4n) is 1.11. The van der Waals surface area contributed by atoms with Gasteiger partial charge in [0, 0.05) is 67.7 Å². The Morgan fingerprint density at radius 1 is 0.514 bits per heavy atom. The summed E-state index contributed by atoms with van der Waals surface area (Å²) in [6.45, 7) is 29.1. The Kier molecular flexibility index (Phi) is 23.1. The minimum absolute atomic E-state index is 0. The van der Waals surface area contributed by atoms with Gasteiger partial charge in [0.15, 0.2) is 11.6 Å². The van der Waals surface area contributed by atoms with Crippen LogP contribution in [-0.4, -0.2) is 44.2 Å². The van der Waals surface area contributed by atoms with Crippen LogP contribution in [0, 0.1) is 21.7 Å². The largest absolute Gasteiger partial charge is 0.512 e. The van der Waals surface area contributed by atoms with Crippen molar-refractivity contribution in [2.45, 2.75) is 123 Å². The number of hydrogen-bond donors (Lipinski definition) is 4. The van der Waals surface area contributed by atoms with Crippen LogP contribution in [0.25, 0.3) is 0 Å². The van der Waals surface area contributed by atoms with Gasteiger partial charge < -0.3 is 20.4 Å². The molecule has 6 nitrogen and oxygen atoms in total. The molecule has 0 radical (unpaired) electrons. The molecular formula is C28H56O6Ti. The third kappa shape index (κ3) is 33.1. The van der Waals surface area contributed by atoms with Crippen LogP contribution < -0.4 is 0 Å². The maximum atomic E-state index is 11.5. The summed E-state index contributed by atoms with van der Waals surface area (Å²) in [5.41, 5.74) is -1.53. The molecule has 0 atom stereocenters. The first-order valence-electron chi connectivity index (χ1n) is 11.8. The Labute approximate surface area is 231 Å². The van der Waals surface area contributed by atoms with Gasteiger partial charge in [0.05, 0.1) is 0 Å².